The van der Waals surface area contributed by atoms with E-state index in [0.29, 0.717) is 6.04 Å². The molecular formula is C16H28N4. The standard InChI is InChI=1S/C16H28N4/c1-14(2)6-11-20-12-7-15(8-13-20)17-9-4-16-5-10-18-19(16)3/h5-6,10,15,17H,4,7-9,11-13H2,1-3H3. The van der Waals surface area contributed by atoms with Gasteiger partial charge in [0.2, 0.25) is 0 Å². The highest BCUT2D eigenvalue weighted by Crippen LogP contribution is 2.10. The summed E-state index contributed by atoms with van der Waals surface area (Å²) in [7, 11) is 2.01. The average molecular weight is 276 g/mol. The van der Waals surface area contributed by atoms with Gasteiger partial charge >= 0.3 is 0 Å². The number of allylic oxidation sites excluding steroid dienone is 1. The van der Waals surface area contributed by atoms with Gasteiger partial charge in [0.15, 0.2) is 0 Å². The molecule has 0 bridgehead atoms. The number of aryl methyl sites for hydroxylation is 1. The minimum Gasteiger partial charge on any atom is -0.313 e. The summed E-state index contributed by atoms with van der Waals surface area (Å²) in [5, 5.41) is 7.89. The molecule has 1 saturated heterocycles. The van der Waals surface area contributed by atoms with Crippen molar-refractivity contribution in [3.63, 3.8) is 0 Å². The molecule has 112 valence electrons. The van der Waals surface area contributed by atoms with Gasteiger partial charge in [-0.25, -0.2) is 0 Å². The van der Waals surface area contributed by atoms with E-state index in [1.165, 1.54) is 37.2 Å². The minimum absolute atomic E-state index is 0.686. The fourth-order valence-corrected chi connectivity index (χ4v) is 2.68. The zero-order valence-electron chi connectivity index (χ0n) is 13.1. The summed E-state index contributed by atoms with van der Waals surface area (Å²) in [6.07, 6.45) is 7.80. The smallest absolute Gasteiger partial charge is 0.0492 e. The second kappa shape index (κ2) is 7.60. The minimum atomic E-state index is 0.686. The van der Waals surface area contributed by atoms with Gasteiger partial charge in [-0.1, -0.05) is 11.6 Å². The second-order valence-electron chi connectivity index (χ2n) is 6.01. The van der Waals surface area contributed by atoms with Crippen molar-refractivity contribution in [3.8, 4) is 0 Å². The molecule has 0 aromatic carbocycles. The van der Waals surface area contributed by atoms with Gasteiger partial charge in [-0.3, -0.25) is 9.58 Å². The van der Waals surface area contributed by atoms with Gasteiger partial charge in [-0.2, -0.15) is 5.10 Å². The number of hydrogen-bond acceptors (Lipinski definition) is 3. The molecule has 2 rings (SSSR count). The van der Waals surface area contributed by atoms with E-state index in [4.69, 9.17) is 0 Å². The maximum absolute atomic E-state index is 4.20. The molecule has 4 heteroatoms. The monoisotopic (exact) mass is 276 g/mol. The predicted octanol–water partition coefficient (Wildman–Crippen LogP) is 1.98. The van der Waals surface area contributed by atoms with E-state index in [2.05, 4.69) is 41.3 Å². The predicted molar refractivity (Wildman–Crippen MR) is 83.8 cm³/mol. The summed E-state index contributed by atoms with van der Waals surface area (Å²) >= 11 is 0. The van der Waals surface area contributed by atoms with Crippen LogP contribution < -0.4 is 5.32 Å². The molecular weight excluding hydrogens is 248 g/mol. The van der Waals surface area contributed by atoms with Crippen LogP contribution in [-0.2, 0) is 13.5 Å². The first-order valence-electron chi connectivity index (χ1n) is 7.71. The van der Waals surface area contributed by atoms with Crippen molar-refractivity contribution in [2.45, 2.75) is 39.2 Å². The van der Waals surface area contributed by atoms with Gasteiger partial charge in [-0.15, -0.1) is 0 Å². The number of hydrogen-bond donors (Lipinski definition) is 1. The Morgan fingerprint density at radius 3 is 2.75 bits per heavy atom. The van der Waals surface area contributed by atoms with Crippen LogP contribution in [0.5, 0.6) is 0 Å². The second-order valence-corrected chi connectivity index (χ2v) is 6.01. The lowest BCUT2D eigenvalue weighted by Crippen LogP contribution is -2.43. The topological polar surface area (TPSA) is 33.1 Å². The molecule has 0 unspecified atom stereocenters. The molecule has 0 aliphatic carbocycles. The van der Waals surface area contributed by atoms with Crippen molar-refractivity contribution in [1.82, 2.24) is 20.0 Å². The zero-order valence-corrected chi connectivity index (χ0v) is 13.1. The maximum atomic E-state index is 4.20. The first-order valence-corrected chi connectivity index (χ1v) is 7.71. The third-order valence-corrected chi connectivity index (χ3v) is 4.08. The van der Waals surface area contributed by atoms with Gasteiger partial charge in [0, 0.05) is 44.5 Å². The SMILES string of the molecule is CC(C)=CCN1CCC(NCCc2ccnn2C)CC1. The molecule has 1 aromatic rings. The highest BCUT2D eigenvalue weighted by atomic mass is 15.3. The molecule has 1 aliphatic heterocycles. The number of piperidine rings is 1. The van der Waals surface area contributed by atoms with Crippen LogP contribution >= 0.6 is 0 Å². The summed E-state index contributed by atoms with van der Waals surface area (Å²) in [6.45, 7) is 8.95. The lowest BCUT2D eigenvalue weighted by molar-refractivity contribution is 0.215. The zero-order chi connectivity index (χ0) is 14.4. The summed E-state index contributed by atoms with van der Waals surface area (Å²) in [4.78, 5) is 2.55. The van der Waals surface area contributed by atoms with Crippen LogP contribution in [0.1, 0.15) is 32.4 Å². The molecule has 0 spiro atoms. The average Bonchev–Trinajstić information content (AvgIpc) is 2.83. The quantitative estimate of drug-likeness (QED) is 0.807. The molecule has 1 aromatic heterocycles. The highest BCUT2D eigenvalue weighted by Gasteiger charge is 2.17. The fourth-order valence-electron chi connectivity index (χ4n) is 2.68. The summed E-state index contributed by atoms with van der Waals surface area (Å²) < 4.78 is 1.96. The molecule has 1 aliphatic rings. The van der Waals surface area contributed by atoms with Crippen molar-refractivity contribution >= 4 is 0 Å². The molecule has 0 saturated carbocycles. The lowest BCUT2D eigenvalue weighted by Gasteiger charge is -2.31. The van der Waals surface area contributed by atoms with Crippen molar-refractivity contribution in [2.75, 3.05) is 26.2 Å². The fraction of sp³-hybridized carbons (Fsp3) is 0.688. The van der Waals surface area contributed by atoms with Crippen LogP contribution in [0, 0.1) is 0 Å². The van der Waals surface area contributed by atoms with Gasteiger partial charge < -0.3 is 5.32 Å². The van der Waals surface area contributed by atoms with E-state index in [9.17, 15) is 0 Å². The largest absolute Gasteiger partial charge is 0.313 e. The maximum Gasteiger partial charge on any atom is 0.0492 e. The van der Waals surface area contributed by atoms with Crippen LogP contribution in [0.2, 0.25) is 0 Å². The number of rotatable bonds is 6. The lowest BCUT2D eigenvalue weighted by atomic mass is 10.0. The van der Waals surface area contributed by atoms with E-state index in [1.807, 2.05) is 17.9 Å². The van der Waals surface area contributed by atoms with Crippen molar-refractivity contribution in [1.29, 1.82) is 0 Å². The van der Waals surface area contributed by atoms with Crippen LogP contribution in [-0.4, -0.2) is 46.9 Å². The molecule has 0 amide bonds. The normalized spacial score (nSPS) is 17.4. The van der Waals surface area contributed by atoms with Gasteiger partial charge in [-0.05, 0) is 45.8 Å². The van der Waals surface area contributed by atoms with Crippen LogP contribution in [0.15, 0.2) is 23.9 Å². The third-order valence-electron chi connectivity index (χ3n) is 4.08. The number of likely N-dealkylation sites (tertiary alicyclic amines) is 1. The van der Waals surface area contributed by atoms with Gasteiger partial charge in [0.05, 0.1) is 0 Å². The Balaban J connectivity index is 1.62. The highest BCUT2D eigenvalue weighted by molar-refractivity contribution is 5.00. The van der Waals surface area contributed by atoms with Crippen LogP contribution in [0.25, 0.3) is 0 Å². The molecule has 0 atom stereocenters. The summed E-state index contributed by atoms with van der Waals surface area (Å²) in [5.41, 5.74) is 2.72. The number of nitrogens with one attached hydrogen (secondary N) is 1. The van der Waals surface area contributed by atoms with E-state index >= 15 is 0 Å². The summed E-state index contributed by atoms with van der Waals surface area (Å²) in [5.74, 6) is 0. The first kappa shape index (κ1) is 15.3. The number of nitrogens with zero attached hydrogens (tertiary/aromatic N) is 3. The van der Waals surface area contributed by atoms with E-state index < -0.39 is 0 Å². The Morgan fingerprint density at radius 2 is 2.15 bits per heavy atom. The summed E-state index contributed by atoms with van der Waals surface area (Å²) in [6, 6.07) is 2.79. The molecule has 2 heterocycles. The van der Waals surface area contributed by atoms with Crippen molar-refractivity contribution < 1.29 is 0 Å². The Hall–Kier alpha value is -1.13. The van der Waals surface area contributed by atoms with Gasteiger partial charge in [0.25, 0.3) is 0 Å². The Labute approximate surface area is 122 Å². The number of aromatic nitrogens is 2. The molecule has 0 radical (unpaired) electrons. The van der Waals surface area contributed by atoms with E-state index in [1.54, 1.807) is 0 Å². The van der Waals surface area contributed by atoms with Gasteiger partial charge in [0.1, 0.15) is 0 Å². The Morgan fingerprint density at radius 1 is 1.40 bits per heavy atom. The molecule has 4 nitrogen and oxygen atoms in total. The third kappa shape index (κ3) is 4.76. The van der Waals surface area contributed by atoms with Crippen molar-refractivity contribution in [3.05, 3.63) is 29.6 Å². The molecule has 20 heavy (non-hydrogen) atoms. The molecule has 1 fully saturated rings. The van der Waals surface area contributed by atoms with Crippen LogP contribution in [0.4, 0.5) is 0 Å². The Kier molecular flexibility index (Phi) is 5.80. The van der Waals surface area contributed by atoms with Crippen molar-refractivity contribution in [2.24, 2.45) is 7.05 Å². The van der Waals surface area contributed by atoms with E-state index in [0.717, 1.165) is 19.5 Å². The van der Waals surface area contributed by atoms with Crippen LogP contribution in [0.3, 0.4) is 0 Å². The Bertz CT molecular complexity index is 423. The molecule has 1 N–H and O–H groups in total. The van der Waals surface area contributed by atoms with E-state index in [-0.39, 0.29) is 0 Å². The first-order chi connectivity index (χ1) is 9.65.